The van der Waals surface area contributed by atoms with Crippen molar-refractivity contribution in [2.75, 3.05) is 20.2 Å². The second kappa shape index (κ2) is 6.14. The Morgan fingerprint density at radius 2 is 2.25 bits per heavy atom. The van der Waals surface area contributed by atoms with Crippen LogP contribution in [0.5, 0.6) is 5.75 Å². The minimum atomic E-state index is -0.431. The number of fused-ring (bicyclic) bond motifs is 1. The molecule has 0 saturated carbocycles. The predicted molar refractivity (Wildman–Crippen MR) is 82.8 cm³/mol. The minimum Gasteiger partial charge on any atom is -0.493 e. The van der Waals surface area contributed by atoms with Gasteiger partial charge in [-0.05, 0) is 32.0 Å². The van der Waals surface area contributed by atoms with E-state index in [9.17, 15) is 4.79 Å². The Kier molecular flexibility index (Phi) is 4.70. The van der Waals surface area contributed by atoms with Crippen molar-refractivity contribution < 1.29 is 9.53 Å². The van der Waals surface area contributed by atoms with Gasteiger partial charge in [-0.15, -0.1) is 0 Å². The molecule has 1 amide bonds. The van der Waals surface area contributed by atoms with Crippen LogP contribution in [0.15, 0.2) is 22.7 Å². The molecule has 110 valence electrons. The van der Waals surface area contributed by atoms with Crippen molar-refractivity contribution in [2.45, 2.75) is 26.3 Å². The maximum Gasteiger partial charge on any atom is 0.226 e. The molecule has 0 fully saturated rings. The van der Waals surface area contributed by atoms with Crippen molar-refractivity contribution in [1.82, 2.24) is 10.6 Å². The molecule has 1 atom stereocenters. The molecule has 1 aromatic rings. The summed E-state index contributed by atoms with van der Waals surface area (Å²) in [5, 5.41) is 6.21. The molecule has 1 aliphatic heterocycles. The summed E-state index contributed by atoms with van der Waals surface area (Å²) in [6.07, 6.45) is 0.910. The number of amides is 1. The summed E-state index contributed by atoms with van der Waals surface area (Å²) < 4.78 is 6.71. The van der Waals surface area contributed by atoms with E-state index in [-0.39, 0.29) is 11.9 Å². The van der Waals surface area contributed by atoms with E-state index in [2.05, 4.69) is 32.6 Å². The molecule has 0 spiro atoms. The molecule has 5 heteroatoms. The lowest BCUT2D eigenvalue weighted by atomic mass is 9.91. The molecule has 0 bridgehead atoms. The van der Waals surface area contributed by atoms with Crippen LogP contribution in [-0.4, -0.2) is 26.1 Å². The summed E-state index contributed by atoms with van der Waals surface area (Å²) in [4.78, 5) is 11.8. The quantitative estimate of drug-likeness (QED) is 0.885. The van der Waals surface area contributed by atoms with Crippen LogP contribution in [0.1, 0.15) is 31.9 Å². The van der Waals surface area contributed by atoms with Gasteiger partial charge in [-0.1, -0.05) is 15.9 Å². The van der Waals surface area contributed by atoms with E-state index in [1.54, 1.807) is 7.05 Å². The number of carbonyl (C=O) groups excluding carboxylic acids is 1. The molecular formula is C15H21BrN2O2. The van der Waals surface area contributed by atoms with Crippen LogP contribution in [0.4, 0.5) is 0 Å². The molecule has 0 aliphatic carbocycles. The Morgan fingerprint density at radius 1 is 1.50 bits per heavy atom. The molecule has 1 unspecified atom stereocenters. The third-order valence-electron chi connectivity index (χ3n) is 3.64. The van der Waals surface area contributed by atoms with Crippen molar-refractivity contribution in [1.29, 1.82) is 0 Å². The number of hydrogen-bond donors (Lipinski definition) is 2. The van der Waals surface area contributed by atoms with Gasteiger partial charge in [0, 0.05) is 36.1 Å². The third-order valence-corrected chi connectivity index (χ3v) is 4.14. The van der Waals surface area contributed by atoms with Gasteiger partial charge in [-0.2, -0.15) is 0 Å². The number of benzene rings is 1. The number of nitrogens with one attached hydrogen (secondary N) is 2. The van der Waals surface area contributed by atoms with Crippen LogP contribution in [0.2, 0.25) is 0 Å². The zero-order valence-electron chi connectivity index (χ0n) is 12.1. The van der Waals surface area contributed by atoms with Gasteiger partial charge in [0.1, 0.15) is 5.75 Å². The first kappa shape index (κ1) is 15.3. The molecule has 2 N–H and O–H groups in total. The minimum absolute atomic E-state index is 0.0477. The van der Waals surface area contributed by atoms with Crippen LogP contribution in [0, 0.1) is 5.41 Å². The van der Waals surface area contributed by atoms with E-state index >= 15 is 0 Å². The predicted octanol–water partition coefficient (Wildman–Crippen LogP) is 2.63. The Balaban J connectivity index is 2.09. The Hall–Kier alpha value is -1.07. The summed E-state index contributed by atoms with van der Waals surface area (Å²) >= 11 is 3.50. The number of halogens is 1. The SMILES string of the molecule is CNC(=O)C(C)(C)CNC1CCOc2ccc(Br)cc21. The smallest absolute Gasteiger partial charge is 0.226 e. The molecule has 0 saturated heterocycles. The first-order valence-corrected chi connectivity index (χ1v) is 7.61. The van der Waals surface area contributed by atoms with Gasteiger partial charge in [0.2, 0.25) is 5.91 Å². The fraction of sp³-hybridized carbons (Fsp3) is 0.533. The summed E-state index contributed by atoms with van der Waals surface area (Å²) in [5.41, 5.74) is 0.720. The van der Waals surface area contributed by atoms with E-state index in [0.717, 1.165) is 22.2 Å². The van der Waals surface area contributed by atoms with E-state index in [1.807, 2.05) is 26.0 Å². The van der Waals surface area contributed by atoms with Crippen molar-refractivity contribution in [3.05, 3.63) is 28.2 Å². The van der Waals surface area contributed by atoms with Crippen molar-refractivity contribution in [3.8, 4) is 5.75 Å². The van der Waals surface area contributed by atoms with Gasteiger partial charge in [0.05, 0.1) is 12.0 Å². The molecule has 2 rings (SSSR count). The van der Waals surface area contributed by atoms with Crippen molar-refractivity contribution in [2.24, 2.45) is 5.41 Å². The Labute approximate surface area is 128 Å². The lowest BCUT2D eigenvalue weighted by Gasteiger charge is -2.30. The van der Waals surface area contributed by atoms with E-state index < -0.39 is 5.41 Å². The highest BCUT2D eigenvalue weighted by Gasteiger charge is 2.29. The van der Waals surface area contributed by atoms with Gasteiger partial charge in [0.15, 0.2) is 0 Å². The molecule has 1 heterocycles. The number of hydrogen-bond acceptors (Lipinski definition) is 3. The van der Waals surface area contributed by atoms with Crippen LogP contribution in [-0.2, 0) is 4.79 Å². The second-order valence-electron chi connectivity index (χ2n) is 5.72. The summed E-state index contributed by atoms with van der Waals surface area (Å²) in [5.74, 6) is 0.973. The second-order valence-corrected chi connectivity index (χ2v) is 6.63. The van der Waals surface area contributed by atoms with Gasteiger partial charge in [-0.25, -0.2) is 0 Å². The highest BCUT2D eigenvalue weighted by molar-refractivity contribution is 9.10. The Bertz CT molecular complexity index is 503. The molecule has 0 aromatic heterocycles. The Morgan fingerprint density at radius 3 is 2.95 bits per heavy atom. The molecule has 0 radical (unpaired) electrons. The standard InChI is InChI=1S/C15H21BrN2O2/c1-15(2,14(19)17-3)9-18-12-6-7-20-13-5-4-10(16)8-11(12)13/h4-5,8,12,18H,6-7,9H2,1-3H3,(H,17,19). The topological polar surface area (TPSA) is 50.4 Å². The lowest BCUT2D eigenvalue weighted by Crippen LogP contribution is -2.43. The average molecular weight is 341 g/mol. The molecule has 1 aliphatic rings. The summed E-state index contributed by atoms with van der Waals surface area (Å²) in [6, 6.07) is 6.27. The molecule has 4 nitrogen and oxygen atoms in total. The van der Waals surface area contributed by atoms with Crippen LogP contribution >= 0.6 is 15.9 Å². The van der Waals surface area contributed by atoms with Crippen LogP contribution < -0.4 is 15.4 Å². The molecule has 1 aromatic carbocycles. The zero-order valence-corrected chi connectivity index (χ0v) is 13.7. The average Bonchev–Trinajstić information content (AvgIpc) is 2.44. The third kappa shape index (κ3) is 3.33. The van der Waals surface area contributed by atoms with Crippen LogP contribution in [0.3, 0.4) is 0 Å². The fourth-order valence-electron chi connectivity index (χ4n) is 2.37. The monoisotopic (exact) mass is 340 g/mol. The lowest BCUT2D eigenvalue weighted by molar-refractivity contribution is -0.128. The van der Waals surface area contributed by atoms with E-state index in [4.69, 9.17) is 4.74 Å². The van der Waals surface area contributed by atoms with Gasteiger partial charge < -0.3 is 15.4 Å². The maximum absolute atomic E-state index is 11.8. The first-order chi connectivity index (χ1) is 9.44. The number of rotatable bonds is 4. The zero-order chi connectivity index (χ0) is 14.8. The normalized spacial score (nSPS) is 18.1. The largest absolute Gasteiger partial charge is 0.493 e. The summed E-state index contributed by atoms with van der Waals surface area (Å²) in [6.45, 7) is 5.22. The first-order valence-electron chi connectivity index (χ1n) is 6.82. The number of ether oxygens (including phenoxy) is 1. The van der Waals surface area contributed by atoms with E-state index in [1.165, 1.54) is 0 Å². The summed E-state index contributed by atoms with van der Waals surface area (Å²) in [7, 11) is 1.67. The van der Waals surface area contributed by atoms with Crippen LogP contribution in [0.25, 0.3) is 0 Å². The van der Waals surface area contributed by atoms with Crippen molar-refractivity contribution in [3.63, 3.8) is 0 Å². The van der Waals surface area contributed by atoms with E-state index in [0.29, 0.717) is 13.2 Å². The maximum atomic E-state index is 11.8. The molecule has 20 heavy (non-hydrogen) atoms. The highest BCUT2D eigenvalue weighted by Crippen LogP contribution is 2.34. The van der Waals surface area contributed by atoms with Crippen molar-refractivity contribution >= 4 is 21.8 Å². The number of carbonyl (C=O) groups is 1. The van der Waals surface area contributed by atoms with Gasteiger partial charge >= 0.3 is 0 Å². The molecular weight excluding hydrogens is 320 g/mol. The highest BCUT2D eigenvalue weighted by atomic mass is 79.9. The fourth-order valence-corrected chi connectivity index (χ4v) is 2.75. The van der Waals surface area contributed by atoms with Gasteiger partial charge in [-0.3, -0.25) is 4.79 Å². The van der Waals surface area contributed by atoms with Gasteiger partial charge in [0.25, 0.3) is 0 Å².